The summed E-state index contributed by atoms with van der Waals surface area (Å²) in [5.41, 5.74) is 0.498. The van der Waals surface area contributed by atoms with Crippen molar-refractivity contribution in [1.29, 1.82) is 0 Å². The minimum Gasteiger partial charge on any atom is -0.368 e. The Hall–Kier alpha value is 0.0500. The first kappa shape index (κ1) is 11.1. The molecule has 0 amide bonds. The zero-order valence-electron chi connectivity index (χ0n) is 8.34. The standard InChI is InChI=1S/C11H20OS/c1-2-3-4-7-10-13-11-8-5-6-9-12-11/h2,11H,1,3-10H2. The molecule has 1 nitrogen and oxygen atoms in total. The normalized spacial score (nSPS) is 22.9. The third kappa shape index (κ3) is 5.37. The molecule has 0 aromatic rings. The second-order valence-corrected chi connectivity index (χ2v) is 4.72. The van der Waals surface area contributed by atoms with Crippen LogP contribution < -0.4 is 0 Å². The van der Waals surface area contributed by atoms with Gasteiger partial charge < -0.3 is 4.74 Å². The molecule has 13 heavy (non-hydrogen) atoms. The maximum Gasteiger partial charge on any atom is 0.103 e. The lowest BCUT2D eigenvalue weighted by Gasteiger charge is -2.21. The summed E-state index contributed by atoms with van der Waals surface area (Å²) in [5.74, 6) is 1.25. The highest BCUT2D eigenvalue weighted by Crippen LogP contribution is 2.24. The van der Waals surface area contributed by atoms with E-state index in [9.17, 15) is 0 Å². The Morgan fingerprint density at radius 2 is 2.31 bits per heavy atom. The summed E-state index contributed by atoms with van der Waals surface area (Å²) in [7, 11) is 0. The molecule has 0 N–H and O–H groups in total. The molecular formula is C11H20OS. The summed E-state index contributed by atoms with van der Waals surface area (Å²) < 4.78 is 5.63. The van der Waals surface area contributed by atoms with Crippen molar-refractivity contribution in [1.82, 2.24) is 0 Å². The van der Waals surface area contributed by atoms with Crippen LogP contribution in [0.2, 0.25) is 0 Å². The molecule has 0 aliphatic carbocycles. The van der Waals surface area contributed by atoms with E-state index in [4.69, 9.17) is 4.74 Å². The molecule has 1 atom stereocenters. The topological polar surface area (TPSA) is 9.23 Å². The van der Waals surface area contributed by atoms with E-state index in [1.807, 2.05) is 17.8 Å². The largest absolute Gasteiger partial charge is 0.368 e. The van der Waals surface area contributed by atoms with Crippen molar-refractivity contribution in [2.45, 2.75) is 44.0 Å². The van der Waals surface area contributed by atoms with Gasteiger partial charge in [-0.25, -0.2) is 0 Å². The van der Waals surface area contributed by atoms with Crippen LogP contribution in [-0.2, 0) is 4.74 Å². The molecule has 1 heterocycles. The molecule has 0 radical (unpaired) electrons. The number of ether oxygens (including phenoxy) is 1. The summed E-state index contributed by atoms with van der Waals surface area (Å²) in [6.45, 7) is 4.69. The van der Waals surface area contributed by atoms with Crippen LogP contribution in [-0.4, -0.2) is 17.8 Å². The minimum atomic E-state index is 0.498. The maximum absolute atomic E-state index is 5.63. The molecule has 0 bridgehead atoms. The maximum atomic E-state index is 5.63. The third-order valence-corrected chi connectivity index (χ3v) is 3.51. The Morgan fingerprint density at radius 1 is 1.38 bits per heavy atom. The van der Waals surface area contributed by atoms with Gasteiger partial charge in [0.1, 0.15) is 5.44 Å². The average Bonchev–Trinajstić information content (AvgIpc) is 2.19. The molecular weight excluding hydrogens is 180 g/mol. The monoisotopic (exact) mass is 200 g/mol. The highest BCUT2D eigenvalue weighted by atomic mass is 32.2. The smallest absolute Gasteiger partial charge is 0.103 e. The van der Waals surface area contributed by atoms with Gasteiger partial charge >= 0.3 is 0 Å². The lowest BCUT2D eigenvalue weighted by atomic mass is 10.2. The zero-order valence-corrected chi connectivity index (χ0v) is 9.15. The summed E-state index contributed by atoms with van der Waals surface area (Å²) in [4.78, 5) is 0. The molecule has 76 valence electrons. The number of hydrogen-bond donors (Lipinski definition) is 0. The molecule has 0 aromatic heterocycles. The van der Waals surface area contributed by atoms with Crippen LogP contribution in [0.1, 0.15) is 38.5 Å². The Labute approximate surface area is 85.9 Å². The fourth-order valence-corrected chi connectivity index (χ4v) is 2.61. The SMILES string of the molecule is C=CCCCCSC1CCCCO1. The van der Waals surface area contributed by atoms with Gasteiger partial charge in [0.2, 0.25) is 0 Å². The highest BCUT2D eigenvalue weighted by Gasteiger charge is 2.12. The minimum absolute atomic E-state index is 0.498. The molecule has 1 unspecified atom stereocenters. The first-order valence-corrected chi connectivity index (χ1v) is 6.32. The first-order valence-electron chi connectivity index (χ1n) is 5.27. The van der Waals surface area contributed by atoms with Gasteiger partial charge in [0, 0.05) is 6.61 Å². The van der Waals surface area contributed by atoms with Gasteiger partial charge in [0.05, 0.1) is 0 Å². The van der Waals surface area contributed by atoms with E-state index >= 15 is 0 Å². The van der Waals surface area contributed by atoms with Gasteiger partial charge in [0.25, 0.3) is 0 Å². The van der Waals surface area contributed by atoms with Gasteiger partial charge in [-0.3, -0.25) is 0 Å². The van der Waals surface area contributed by atoms with E-state index in [-0.39, 0.29) is 0 Å². The predicted octanol–water partition coefficient (Wildman–Crippen LogP) is 3.60. The van der Waals surface area contributed by atoms with Crippen molar-refractivity contribution in [2.24, 2.45) is 0 Å². The molecule has 1 fully saturated rings. The summed E-state index contributed by atoms with van der Waals surface area (Å²) in [6.07, 6.45) is 9.61. The van der Waals surface area contributed by atoms with Crippen LogP contribution in [0, 0.1) is 0 Å². The number of allylic oxidation sites excluding steroid dienone is 1. The molecule has 1 aliphatic rings. The Kier molecular flexibility index (Phi) is 6.38. The summed E-state index contributed by atoms with van der Waals surface area (Å²) in [5, 5.41) is 0. The van der Waals surface area contributed by atoms with E-state index in [1.165, 1.54) is 37.9 Å². The number of thioether (sulfide) groups is 1. The average molecular weight is 200 g/mol. The first-order chi connectivity index (χ1) is 6.43. The van der Waals surface area contributed by atoms with Crippen molar-refractivity contribution >= 4 is 11.8 Å². The van der Waals surface area contributed by atoms with E-state index < -0.39 is 0 Å². The van der Waals surface area contributed by atoms with Crippen molar-refractivity contribution in [2.75, 3.05) is 12.4 Å². The quantitative estimate of drug-likeness (QED) is 0.478. The highest BCUT2D eigenvalue weighted by molar-refractivity contribution is 7.99. The van der Waals surface area contributed by atoms with Gasteiger partial charge in [0.15, 0.2) is 0 Å². The lowest BCUT2D eigenvalue weighted by molar-refractivity contribution is 0.0728. The van der Waals surface area contributed by atoms with Gasteiger partial charge in [-0.1, -0.05) is 6.08 Å². The van der Waals surface area contributed by atoms with Crippen molar-refractivity contribution < 1.29 is 4.74 Å². The predicted molar refractivity (Wildman–Crippen MR) is 60.1 cm³/mol. The fourth-order valence-electron chi connectivity index (χ4n) is 1.45. The Bertz CT molecular complexity index is 130. The molecule has 2 heteroatoms. The van der Waals surface area contributed by atoms with Crippen molar-refractivity contribution in [3.8, 4) is 0 Å². The summed E-state index contributed by atoms with van der Waals surface area (Å²) in [6, 6.07) is 0. The third-order valence-electron chi connectivity index (χ3n) is 2.24. The number of hydrogen-bond acceptors (Lipinski definition) is 2. The molecule has 1 saturated heterocycles. The van der Waals surface area contributed by atoms with Crippen LogP contribution in [0.15, 0.2) is 12.7 Å². The van der Waals surface area contributed by atoms with E-state index in [0.717, 1.165) is 13.0 Å². The lowest BCUT2D eigenvalue weighted by Crippen LogP contribution is -2.15. The number of rotatable bonds is 6. The van der Waals surface area contributed by atoms with Crippen LogP contribution in [0.25, 0.3) is 0 Å². The van der Waals surface area contributed by atoms with E-state index in [0.29, 0.717) is 5.44 Å². The van der Waals surface area contributed by atoms with Crippen LogP contribution in [0.4, 0.5) is 0 Å². The molecule has 0 aromatic carbocycles. The second kappa shape index (κ2) is 7.45. The van der Waals surface area contributed by atoms with Crippen LogP contribution in [0.3, 0.4) is 0 Å². The van der Waals surface area contributed by atoms with Crippen LogP contribution in [0.5, 0.6) is 0 Å². The van der Waals surface area contributed by atoms with E-state index in [1.54, 1.807) is 0 Å². The van der Waals surface area contributed by atoms with Crippen LogP contribution >= 0.6 is 11.8 Å². The zero-order chi connectivity index (χ0) is 9.36. The van der Waals surface area contributed by atoms with Gasteiger partial charge in [-0.2, -0.15) is 0 Å². The molecule has 1 rings (SSSR count). The molecule has 0 saturated carbocycles. The van der Waals surface area contributed by atoms with Crippen molar-refractivity contribution in [3.63, 3.8) is 0 Å². The second-order valence-electron chi connectivity index (χ2n) is 3.45. The Morgan fingerprint density at radius 3 is 3.00 bits per heavy atom. The summed E-state index contributed by atoms with van der Waals surface area (Å²) >= 11 is 1.99. The van der Waals surface area contributed by atoms with E-state index in [2.05, 4.69) is 6.58 Å². The molecule has 0 spiro atoms. The van der Waals surface area contributed by atoms with Gasteiger partial charge in [-0.05, 0) is 44.3 Å². The number of unbranched alkanes of at least 4 members (excludes halogenated alkanes) is 2. The fraction of sp³-hybridized carbons (Fsp3) is 0.818. The van der Waals surface area contributed by atoms with Gasteiger partial charge in [-0.15, -0.1) is 18.3 Å². The van der Waals surface area contributed by atoms with Crippen molar-refractivity contribution in [3.05, 3.63) is 12.7 Å². The Balaban J connectivity index is 1.89. The molecule has 1 aliphatic heterocycles.